The van der Waals surface area contributed by atoms with Crippen LogP contribution in [0, 0.1) is 0 Å². The Kier molecular flexibility index (Phi) is 5.38. The number of fused-ring (bicyclic) bond motifs is 1. The number of aromatic nitrogens is 3. The minimum absolute atomic E-state index is 0.0370. The first-order valence-electron chi connectivity index (χ1n) is 8.82. The van der Waals surface area contributed by atoms with Crippen LogP contribution in [-0.2, 0) is 17.8 Å². The first-order chi connectivity index (χ1) is 14.0. The summed E-state index contributed by atoms with van der Waals surface area (Å²) in [5.41, 5.74) is 3.07. The Bertz CT molecular complexity index is 1190. The van der Waals surface area contributed by atoms with Crippen molar-refractivity contribution in [1.82, 2.24) is 14.5 Å². The quantitative estimate of drug-likeness (QED) is 0.454. The number of hydrogen-bond donors (Lipinski definition) is 2. The van der Waals surface area contributed by atoms with E-state index in [2.05, 4.69) is 15.3 Å². The molecular weight excluding hydrogens is 411 g/mol. The van der Waals surface area contributed by atoms with Gasteiger partial charge in [-0.1, -0.05) is 47.5 Å². The predicted molar refractivity (Wildman–Crippen MR) is 114 cm³/mol. The molecule has 0 amide bonds. The van der Waals surface area contributed by atoms with Crippen molar-refractivity contribution in [1.29, 1.82) is 0 Å². The largest absolute Gasteiger partial charge is 0.481 e. The Morgan fingerprint density at radius 2 is 1.93 bits per heavy atom. The van der Waals surface area contributed by atoms with E-state index in [1.54, 1.807) is 18.6 Å². The first kappa shape index (κ1) is 19.2. The number of carboxylic acids is 1. The molecule has 0 aliphatic heterocycles. The van der Waals surface area contributed by atoms with Gasteiger partial charge in [-0.05, 0) is 23.3 Å². The molecule has 6 nitrogen and oxygen atoms in total. The molecule has 0 unspecified atom stereocenters. The number of nitrogens with one attached hydrogen (secondary N) is 1. The lowest BCUT2D eigenvalue weighted by Gasteiger charge is -2.14. The second-order valence-electron chi connectivity index (χ2n) is 6.45. The predicted octanol–water partition coefficient (Wildman–Crippen LogP) is 4.97. The Hall–Kier alpha value is -3.09. The van der Waals surface area contributed by atoms with Crippen molar-refractivity contribution in [3.8, 4) is 5.69 Å². The summed E-state index contributed by atoms with van der Waals surface area (Å²) in [5, 5.41) is 14.0. The number of hydrogen-bond acceptors (Lipinski definition) is 4. The topological polar surface area (TPSA) is 80.0 Å². The fourth-order valence-corrected chi connectivity index (χ4v) is 3.53. The molecule has 0 atom stereocenters. The molecule has 0 saturated heterocycles. The highest BCUT2D eigenvalue weighted by molar-refractivity contribution is 6.45. The molecule has 4 aromatic rings. The summed E-state index contributed by atoms with van der Waals surface area (Å²) in [6, 6.07) is 12.9. The molecule has 0 aliphatic rings. The second-order valence-corrected chi connectivity index (χ2v) is 7.23. The molecule has 2 aromatic heterocycles. The Labute approximate surface area is 176 Å². The van der Waals surface area contributed by atoms with E-state index < -0.39 is 5.97 Å². The molecule has 29 heavy (non-hydrogen) atoms. The van der Waals surface area contributed by atoms with Crippen LogP contribution < -0.4 is 5.32 Å². The highest BCUT2D eigenvalue weighted by Gasteiger charge is 2.13. The lowest BCUT2D eigenvalue weighted by molar-refractivity contribution is -0.136. The average Bonchev–Trinajstić information content (AvgIpc) is 3.24. The fraction of sp³-hybridized carbons (Fsp3) is 0.0952. The van der Waals surface area contributed by atoms with E-state index in [0.29, 0.717) is 27.9 Å². The van der Waals surface area contributed by atoms with Crippen LogP contribution in [0.5, 0.6) is 0 Å². The normalized spacial score (nSPS) is 11.0. The number of nitrogens with zero attached hydrogens (tertiary/aromatic N) is 3. The lowest BCUT2D eigenvalue weighted by Crippen LogP contribution is -2.08. The number of benzene rings is 2. The van der Waals surface area contributed by atoms with Crippen LogP contribution in [0.2, 0.25) is 10.0 Å². The minimum Gasteiger partial charge on any atom is -0.481 e. The van der Waals surface area contributed by atoms with Crippen molar-refractivity contribution >= 4 is 45.9 Å². The number of anilines is 1. The number of carboxylic acid groups (broad SMARTS) is 1. The average molecular weight is 427 g/mol. The van der Waals surface area contributed by atoms with Gasteiger partial charge in [0, 0.05) is 30.4 Å². The molecule has 2 N–H and O–H groups in total. The zero-order chi connectivity index (χ0) is 20.4. The van der Waals surface area contributed by atoms with Gasteiger partial charge < -0.3 is 15.0 Å². The third-order valence-electron chi connectivity index (χ3n) is 4.55. The van der Waals surface area contributed by atoms with Crippen molar-refractivity contribution < 1.29 is 9.90 Å². The van der Waals surface area contributed by atoms with E-state index in [1.165, 1.54) is 0 Å². The Morgan fingerprint density at radius 1 is 1.14 bits per heavy atom. The number of imidazole rings is 1. The van der Waals surface area contributed by atoms with Crippen LogP contribution in [0.25, 0.3) is 16.6 Å². The summed E-state index contributed by atoms with van der Waals surface area (Å²) < 4.78 is 1.87. The Balaban J connectivity index is 1.74. The standard InChI is InChI=1S/C21H16Cl2N4O2/c22-16-6-5-15-17(27-8-7-24-12-27)10-18(26-21(15)20(16)23)25-11-14-4-2-1-3-13(14)9-19(28)29/h1-8,10,12H,9,11H2,(H,25,26)(H,28,29). The van der Waals surface area contributed by atoms with E-state index in [0.717, 1.165) is 22.2 Å². The molecule has 0 aliphatic carbocycles. The number of halogens is 2. The first-order valence-corrected chi connectivity index (χ1v) is 9.58. The summed E-state index contributed by atoms with van der Waals surface area (Å²) in [6.07, 6.45) is 5.19. The maximum absolute atomic E-state index is 11.1. The van der Waals surface area contributed by atoms with Crippen molar-refractivity contribution in [3.63, 3.8) is 0 Å². The van der Waals surface area contributed by atoms with Gasteiger partial charge in [-0.2, -0.15) is 0 Å². The molecule has 146 valence electrons. The molecule has 2 aromatic carbocycles. The van der Waals surface area contributed by atoms with Crippen molar-refractivity contribution in [2.75, 3.05) is 5.32 Å². The summed E-state index contributed by atoms with van der Waals surface area (Å²) in [5.74, 6) is -0.277. The van der Waals surface area contributed by atoms with E-state index in [9.17, 15) is 4.79 Å². The molecule has 0 radical (unpaired) electrons. The molecular formula is C21H16Cl2N4O2. The summed E-state index contributed by atoms with van der Waals surface area (Å²) in [4.78, 5) is 19.9. The number of pyridine rings is 1. The summed E-state index contributed by atoms with van der Waals surface area (Å²) >= 11 is 12.6. The van der Waals surface area contributed by atoms with Gasteiger partial charge in [-0.25, -0.2) is 9.97 Å². The smallest absolute Gasteiger partial charge is 0.307 e. The third-order valence-corrected chi connectivity index (χ3v) is 5.35. The van der Waals surface area contributed by atoms with Gasteiger partial charge in [0.1, 0.15) is 5.82 Å². The van der Waals surface area contributed by atoms with Gasteiger partial charge in [0.25, 0.3) is 0 Å². The number of rotatable bonds is 6. The molecule has 4 rings (SSSR count). The zero-order valence-corrected chi connectivity index (χ0v) is 16.7. The Morgan fingerprint density at radius 3 is 2.66 bits per heavy atom. The van der Waals surface area contributed by atoms with Crippen LogP contribution in [0.3, 0.4) is 0 Å². The second kappa shape index (κ2) is 8.11. The molecule has 0 bridgehead atoms. The van der Waals surface area contributed by atoms with Crippen LogP contribution in [0.4, 0.5) is 5.82 Å². The highest BCUT2D eigenvalue weighted by Crippen LogP contribution is 2.34. The van der Waals surface area contributed by atoms with Crippen molar-refractivity contribution in [2.24, 2.45) is 0 Å². The van der Waals surface area contributed by atoms with Gasteiger partial charge in [-0.15, -0.1) is 0 Å². The lowest BCUT2D eigenvalue weighted by atomic mass is 10.0. The number of aliphatic carboxylic acids is 1. The van der Waals surface area contributed by atoms with Gasteiger partial charge in [0.15, 0.2) is 0 Å². The van der Waals surface area contributed by atoms with E-state index in [1.807, 2.05) is 47.2 Å². The van der Waals surface area contributed by atoms with E-state index in [-0.39, 0.29) is 6.42 Å². The third kappa shape index (κ3) is 4.04. The maximum atomic E-state index is 11.1. The van der Waals surface area contributed by atoms with Crippen LogP contribution in [0.1, 0.15) is 11.1 Å². The molecule has 2 heterocycles. The summed E-state index contributed by atoms with van der Waals surface area (Å²) in [7, 11) is 0. The van der Waals surface area contributed by atoms with E-state index >= 15 is 0 Å². The fourth-order valence-electron chi connectivity index (χ4n) is 3.17. The molecule has 0 spiro atoms. The van der Waals surface area contributed by atoms with E-state index in [4.69, 9.17) is 28.3 Å². The SMILES string of the molecule is O=C(O)Cc1ccccc1CNc1cc(-n2ccnc2)c2ccc(Cl)c(Cl)c2n1. The van der Waals surface area contributed by atoms with Gasteiger partial charge in [0.2, 0.25) is 0 Å². The van der Waals surface area contributed by atoms with Crippen LogP contribution >= 0.6 is 23.2 Å². The molecule has 8 heteroatoms. The highest BCUT2D eigenvalue weighted by atomic mass is 35.5. The monoisotopic (exact) mass is 426 g/mol. The minimum atomic E-state index is -0.870. The molecule has 0 fully saturated rings. The maximum Gasteiger partial charge on any atom is 0.307 e. The van der Waals surface area contributed by atoms with Gasteiger partial charge >= 0.3 is 5.97 Å². The zero-order valence-electron chi connectivity index (χ0n) is 15.1. The van der Waals surface area contributed by atoms with Crippen LogP contribution in [0.15, 0.2) is 61.2 Å². The van der Waals surface area contributed by atoms with Gasteiger partial charge in [-0.3, -0.25) is 4.79 Å². The summed E-state index contributed by atoms with van der Waals surface area (Å²) in [6.45, 7) is 0.420. The molecule has 0 saturated carbocycles. The number of carbonyl (C=O) groups is 1. The van der Waals surface area contributed by atoms with Crippen LogP contribution in [-0.4, -0.2) is 25.6 Å². The van der Waals surface area contributed by atoms with Crippen molar-refractivity contribution in [2.45, 2.75) is 13.0 Å². The van der Waals surface area contributed by atoms with Gasteiger partial charge in [0.05, 0.1) is 34.0 Å². The van der Waals surface area contributed by atoms with Crippen molar-refractivity contribution in [3.05, 3.63) is 82.4 Å².